The van der Waals surface area contributed by atoms with Crippen LogP contribution in [-0.4, -0.2) is 0 Å². The number of hydrogen-bond acceptors (Lipinski definition) is 1. The van der Waals surface area contributed by atoms with E-state index in [0.717, 1.165) is 11.8 Å². The molecule has 76 valence electrons. The Morgan fingerprint density at radius 1 is 1.50 bits per heavy atom. The number of nitriles is 1. The third kappa shape index (κ3) is 1.38. The van der Waals surface area contributed by atoms with Crippen molar-refractivity contribution in [2.75, 3.05) is 0 Å². The van der Waals surface area contributed by atoms with E-state index in [2.05, 4.69) is 32.9 Å². The second-order valence-corrected chi connectivity index (χ2v) is 5.52. The largest absolute Gasteiger partial charge is 0.198 e. The van der Waals surface area contributed by atoms with Crippen LogP contribution in [0.4, 0.5) is 0 Å². The van der Waals surface area contributed by atoms with Crippen LogP contribution in [0.5, 0.6) is 0 Å². The predicted molar refractivity (Wildman–Crippen MR) is 57.5 cm³/mol. The first-order chi connectivity index (χ1) is 6.57. The fourth-order valence-electron chi connectivity index (χ4n) is 3.18. The lowest BCUT2D eigenvalue weighted by Crippen LogP contribution is -2.08. The van der Waals surface area contributed by atoms with E-state index in [1.165, 1.54) is 12.8 Å². The molecule has 0 aromatic rings. The number of allylic oxidation sites excluding steroid dienone is 2. The van der Waals surface area contributed by atoms with E-state index in [1.807, 2.05) is 0 Å². The van der Waals surface area contributed by atoms with Crippen molar-refractivity contribution in [1.29, 1.82) is 5.26 Å². The van der Waals surface area contributed by atoms with E-state index in [0.29, 0.717) is 17.8 Å². The van der Waals surface area contributed by atoms with Gasteiger partial charge >= 0.3 is 0 Å². The first-order valence-corrected chi connectivity index (χ1v) is 5.63. The summed E-state index contributed by atoms with van der Waals surface area (Å²) >= 11 is 0. The van der Waals surface area contributed by atoms with Crippen LogP contribution in [0.2, 0.25) is 0 Å². The monoisotopic (exact) mass is 189 g/mol. The van der Waals surface area contributed by atoms with Gasteiger partial charge in [0.2, 0.25) is 0 Å². The Bertz CT molecular complexity index is 306. The molecule has 2 aliphatic rings. The number of hydrogen-bond donors (Lipinski definition) is 0. The summed E-state index contributed by atoms with van der Waals surface area (Å²) in [7, 11) is 0. The average molecular weight is 189 g/mol. The highest BCUT2D eigenvalue weighted by atomic mass is 14.6. The van der Waals surface area contributed by atoms with E-state index >= 15 is 0 Å². The lowest BCUT2D eigenvalue weighted by Gasteiger charge is -2.20. The molecule has 0 spiro atoms. The van der Waals surface area contributed by atoms with Gasteiger partial charge in [-0.2, -0.15) is 5.26 Å². The summed E-state index contributed by atoms with van der Waals surface area (Å²) in [5, 5.41) is 8.57. The lowest BCUT2D eigenvalue weighted by molar-refractivity contribution is 0.452. The first-order valence-electron chi connectivity index (χ1n) is 5.63. The Morgan fingerprint density at radius 3 is 2.86 bits per heavy atom. The van der Waals surface area contributed by atoms with E-state index in [1.54, 1.807) is 5.57 Å². The SMILES string of the molecule is CC1CC2C(C/C1=C\CC#N)C2(C)C. The molecule has 2 saturated carbocycles. The van der Waals surface area contributed by atoms with Crippen molar-refractivity contribution >= 4 is 0 Å². The van der Waals surface area contributed by atoms with Crippen molar-refractivity contribution in [2.24, 2.45) is 23.2 Å². The Morgan fingerprint density at radius 2 is 2.21 bits per heavy atom. The molecule has 2 rings (SSSR count). The van der Waals surface area contributed by atoms with Gasteiger partial charge in [0.25, 0.3) is 0 Å². The molecule has 0 aromatic heterocycles. The van der Waals surface area contributed by atoms with Crippen LogP contribution in [0, 0.1) is 34.5 Å². The molecule has 0 aliphatic heterocycles. The molecule has 0 amide bonds. The molecule has 2 aliphatic carbocycles. The Labute approximate surface area is 86.8 Å². The number of fused-ring (bicyclic) bond motifs is 1. The standard InChI is InChI=1S/C13H19N/c1-9-7-11-12(13(11,2)3)8-10(9)5-4-6-14/h5,9,11-12H,4,7-8H2,1-3H3/b10-5+. The Balaban J connectivity index is 2.07. The summed E-state index contributed by atoms with van der Waals surface area (Å²) in [5.41, 5.74) is 2.12. The molecule has 3 unspecified atom stereocenters. The average Bonchev–Trinajstić information content (AvgIpc) is 2.65. The van der Waals surface area contributed by atoms with Crippen LogP contribution < -0.4 is 0 Å². The Kier molecular flexibility index (Phi) is 2.18. The zero-order valence-electron chi connectivity index (χ0n) is 9.38. The highest BCUT2D eigenvalue weighted by Gasteiger charge is 2.59. The van der Waals surface area contributed by atoms with Gasteiger partial charge in [0.15, 0.2) is 0 Å². The molecular weight excluding hydrogens is 170 g/mol. The molecule has 2 fully saturated rings. The Hall–Kier alpha value is -0.770. The molecule has 0 saturated heterocycles. The van der Waals surface area contributed by atoms with Crippen LogP contribution in [0.15, 0.2) is 11.6 Å². The lowest BCUT2D eigenvalue weighted by atomic mass is 9.85. The van der Waals surface area contributed by atoms with Crippen molar-refractivity contribution in [1.82, 2.24) is 0 Å². The van der Waals surface area contributed by atoms with Crippen LogP contribution in [0.25, 0.3) is 0 Å². The van der Waals surface area contributed by atoms with Gasteiger partial charge in [-0.25, -0.2) is 0 Å². The summed E-state index contributed by atoms with van der Waals surface area (Å²) in [4.78, 5) is 0. The summed E-state index contributed by atoms with van der Waals surface area (Å²) in [5.74, 6) is 2.58. The third-order valence-corrected chi connectivity index (χ3v) is 4.44. The van der Waals surface area contributed by atoms with Gasteiger partial charge in [-0.15, -0.1) is 0 Å². The maximum absolute atomic E-state index is 8.57. The van der Waals surface area contributed by atoms with Crippen molar-refractivity contribution in [3.8, 4) is 6.07 Å². The fraction of sp³-hybridized carbons (Fsp3) is 0.769. The molecule has 14 heavy (non-hydrogen) atoms. The van der Waals surface area contributed by atoms with E-state index in [4.69, 9.17) is 5.26 Å². The maximum Gasteiger partial charge on any atom is 0.0663 e. The molecule has 1 heteroatoms. The molecule has 0 aromatic carbocycles. The van der Waals surface area contributed by atoms with Gasteiger partial charge < -0.3 is 0 Å². The smallest absolute Gasteiger partial charge is 0.0663 e. The molecule has 3 atom stereocenters. The minimum Gasteiger partial charge on any atom is -0.198 e. The molecule has 0 heterocycles. The molecule has 0 radical (unpaired) electrons. The third-order valence-electron chi connectivity index (χ3n) is 4.44. The highest BCUT2D eigenvalue weighted by molar-refractivity contribution is 5.21. The van der Waals surface area contributed by atoms with Crippen molar-refractivity contribution in [2.45, 2.75) is 40.0 Å². The molecular formula is C13H19N. The van der Waals surface area contributed by atoms with Gasteiger partial charge in [-0.1, -0.05) is 32.4 Å². The first kappa shape index (κ1) is 9.77. The van der Waals surface area contributed by atoms with Gasteiger partial charge in [0, 0.05) is 0 Å². The van der Waals surface area contributed by atoms with E-state index in [-0.39, 0.29) is 0 Å². The van der Waals surface area contributed by atoms with Crippen molar-refractivity contribution < 1.29 is 0 Å². The number of nitrogens with zero attached hydrogens (tertiary/aromatic N) is 1. The van der Waals surface area contributed by atoms with Crippen molar-refractivity contribution in [3.63, 3.8) is 0 Å². The fourth-order valence-corrected chi connectivity index (χ4v) is 3.18. The van der Waals surface area contributed by atoms with Crippen LogP contribution >= 0.6 is 0 Å². The molecule has 0 N–H and O–H groups in total. The predicted octanol–water partition coefficient (Wildman–Crippen LogP) is 3.53. The normalized spacial score (nSPS) is 41.6. The summed E-state index contributed by atoms with van der Waals surface area (Å²) < 4.78 is 0. The summed E-state index contributed by atoms with van der Waals surface area (Å²) in [6.45, 7) is 7.10. The maximum atomic E-state index is 8.57. The van der Waals surface area contributed by atoms with Crippen LogP contribution in [0.1, 0.15) is 40.0 Å². The van der Waals surface area contributed by atoms with Crippen LogP contribution in [0.3, 0.4) is 0 Å². The molecule has 0 bridgehead atoms. The summed E-state index contributed by atoms with van der Waals surface area (Å²) in [6, 6.07) is 2.21. The minimum absolute atomic E-state index is 0.580. The number of rotatable bonds is 1. The summed E-state index contributed by atoms with van der Waals surface area (Å²) in [6.07, 6.45) is 5.35. The van der Waals surface area contributed by atoms with Gasteiger partial charge in [0.1, 0.15) is 0 Å². The molecule has 1 nitrogen and oxygen atoms in total. The van der Waals surface area contributed by atoms with Gasteiger partial charge in [-0.05, 0) is 36.0 Å². The second kappa shape index (κ2) is 3.12. The van der Waals surface area contributed by atoms with E-state index in [9.17, 15) is 0 Å². The van der Waals surface area contributed by atoms with E-state index < -0.39 is 0 Å². The topological polar surface area (TPSA) is 23.8 Å². The van der Waals surface area contributed by atoms with Gasteiger partial charge in [0.05, 0.1) is 12.5 Å². The second-order valence-electron chi connectivity index (χ2n) is 5.52. The van der Waals surface area contributed by atoms with Crippen LogP contribution in [-0.2, 0) is 0 Å². The highest BCUT2D eigenvalue weighted by Crippen LogP contribution is 2.66. The van der Waals surface area contributed by atoms with Crippen molar-refractivity contribution in [3.05, 3.63) is 11.6 Å². The van der Waals surface area contributed by atoms with Gasteiger partial charge in [-0.3, -0.25) is 0 Å². The zero-order chi connectivity index (χ0) is 10.3. The zero-order valence-corrected chi connectivity index (χ0v) is 9.38. The quantitative estimate of drug-likeness (QED) is 0.579. The minimum atomic E-state index is 0.580.